The Hall–Kier alpha value is -1.86. The molecule has 0 aliphatic rings. The predicted molar refractivity (Wildman–Crippen MR) is 92.1 cm³/mol. The van der Waals surface area contributed by atoms with E-state index in [4.69, 9.17) is 5.11 Å². The molecule has 1 N–H and O–H groups in total. The number of anilines is 1. The predicted octanol–water partition coefficient (Wildman–Crippen LogP) is 3.59. The summed E-state index contributed by atoms with van der Waals surface area (Å²) < 4.78 is 27.3. The highest BCUT2D eigenvalue weighted by Crippen LogP contribution is 2.32. The zero-order valence-electron chi connectivity index (χ0n) is 13.5. The lowest BCUT2D eigenvalue weighted by atomic mass is 10.1. The van der Waals surface area contributed by atoms with Crippen molar-refractivity contribution in [2.24, 2.45) is 0 Å². The number of carbonyl (C=O) groups is 1. The third kappa shape index (κ3) is 3.25. The van der Waals surface area contributed by atoms with Gasteiger partial charge >= 0.3 is 5.97 Å². The van der Waals surface area contributed by atoms with E-state index in [1.165, 1.54) is 10.4 Å². The first-order chi connectivity index (χ1) is 10.7. The Morgan fingerprint density at radius 1 is 1.17 bits per heavy atom. The fourth-order valence-corrected chi connectivity index (χ4v) is 5.38. The van der Waals surface area contributed by atoms with Gasteiger partial charge in [0, 0.05) is 6.54 Å². The first kappa shape index (κ1) is 17.5. The van der Waals surface area contributed by atoms with E-state index in [-0.39, 0.29) is 15.6 Å². The zero-order chi connectivity index (χ0) is 17.4. The maximum absolute atomic E-state index is 13.0. The van der Waals surface area contributed by atoms with Gasteiger partial charge in [0.1, 0.15) is 9.09 Å². The van der Waals surface area contributed by atoms with Gasteiger partial charge in [-0.1, -0.05) is 12.1 Å². The van der Waals surface area contributed by atoms with E-state index >= 15 is 0 Å². The second-order valence-corrected chi connectivity index (χ2v) is 8.48. The SMILES string of the molecule is CCN(c1cc(C)ccc1C)S(=O)(=O)c1cc(C)c(C(=O)O)s1. The van der Waals surface area contributed by atoms with Gasteiger partial charge in [0.05, 0.1) is 5.69 Å². The van der Waals surface area contributed by atoms with E-state index in [0.29, 0.717) is 11.3 Å². The van der Waals surface area contributed by atoms with Crippen LogP contribution in [0.15, 0.2) is 28.5 Å². The second-order valence-electron chi connectivity index (χ2n) is 5.34. The molecule has 1 aromatic carbocycles. The molecule has 0 unspecified atom stereocenters. The number of carboxylic acids is 1. The molecule has 0 saturated heterocycles. The molecule has 5 nitrogen and oxygen atoms in total. The molecule has 23 heavy (non-hydrogen) atoms. The van der Waals surface area contributed by atoms with E-state index in [1.54, 1.807) is 13.8 Å². The van der Waals surface area contributed by atoms with E-state index in [1.807, 2.05) is 32.0 Å². The van der Waals surface area contributed by atoms with Crippen LogP contribution >= 0.6 is 11.3 Å². The lowest BCUT2D eigenvalue weighted by Gasteiger charge is -2.24. The molecule has 0 spiro atoms. The van der Waals surface area contributed by atoms with E-state index in [0.717, 1.165) is 22.5 Å². The highest BCUT2D eigenvalue weighted by molar-refractivity contribution is 7.94. The third-order valence-electron chi connectivity index (χ3n) is 3.55. The summed E-state index contributed by atoms with van der Waals surface area (Å²) in [6.07, 6.45) is 0. The summed E-state index contributed by atoms with van der Waals surface area (Å²) in [4.78, 5) is 11.2. The van der Waals surface area contributed by atoms with Gasteiger partial charge in [-0.05, 0) is 56.5 Å². The molecule has 0 amide bonds. The highest BCUT2D eigenvalue weighted by Gasteiger charge is 2.28. The Kier molecular flexibility index (Phi) is 4.81. The van der Waals surface area contributed by atoms with Crippen LogP contribution in [0.5, 0.6) is 0 Å². The minimum Gasteiger partial charge on any atom is -0.477 e. The van der Waals surface area contributed by atoms with Crippen LogP contribution in [0.25, 0.3) is 0 Å². The smallest absolute Gasteiger partial charge is 0.346 e. The Labute approximate surface area is 140 Å². The lowest BCUT2D eigenvalue weighted by Crippen LogP contribution is -2.30. The average molecular weight is 353 g/mol. The molecule has 0 aliphatic carbocycles. The Bertz CT molecular complexity index is 853. The van der Waals surface area contributed by atoms with Gasteiger partial charge in [-0.2, -0.15) is 0 Å². The molecule has 0 radical (unpaired) electrons. The van der Waals surface area contributed by atoms with Crippen molar-refractivity contribution in [2.75, 3.05) is 10.8 Å². The zero-order valence-corrected chi connectivity index (χ0v) is 15.1. The molecule has 0 aliphatic heterocycles. The number of carboxylic acid groups (broad SMARTS) is 1. The molecule has 0 bridgehead atoms. The summed E-state index contributed by atoms with van der Waals surface area (Å²) in [5, 5.41) is 9.14. The maximum atomic E-state index is 13.0. The number of thiophene rings is 1. The van der Waals surface area contributed by atoms with E-state index in [2.05, 4.69) is 0 Å². The molecule has 124 valence electrons. The number of nitrogens with zero attached hydrogens (tertiary/aromatic N) is 1. The molecule has 1 heterocycles. The minimum absolute atomic E-state index is 0.0511. The number of sulfonamides is 1. The van der Waals surface area contributed by atoms with Crippen LogP contribution in [0.4, 0.5) is 5.69 Å². The fraction of sp³-hybridized carbons (Fsp3) is 0.312. The molecule has 2 aromatic rings. The van der Waals surface area contributed by atoms with Gasteiger partial charge in [0.25, 0.3) is 10.0 Å². The Morgan fingerprint density at radius 3 is 2.35 bits per heavy atom. The molecular weight excluding hydrogens is 334 g/mol. The van der Waals surface area contributed by atoms with Crippen molar-refractivity contribution in [2.45, 2.75) is 31.9 Å². The van der Waals surface area contributed by atoms with E-state index < -0.39 is 16.0 Å². The average Bonchev–Trinajstić information content (AvgIpc) is 2.86. The van der Waals surface area contributed by atoms with Gasteiger partial charge < -0.3 is 5.11 Å². The number of benzene rings is 1. The largest absolute Gasteiger partial charge is 0.477 e. The summed E-state index contributed by atoms with van der Waals surface area (Å²) in [5.41, 5.74) is 2.90. The molecule has 0 saturated carbocycles. The second kappa shape index (κ2) is 6.33. The number of aryl methyl sites for hydroxylation is 3. The van der Waals surface area contributed by atoms with E-state index in [9.17, 15) is 13.2 Å². The summed E-state index contributed by atoms with van der Waals surface area (Å²) in [6, 6.07) is 7.06. The summed E-state index contributed by atoms with van der Waals surface area (Å²) >= 11 is 0.794. The maximum Gasteiger partial charge on any atom is 0.346 e. The van der Waals surface area contributed by atoms with Crippen LogP contribution in [0.2, 0.25) is 0 Å². The van der Waals surface area contributed by atoms with Crippen molar-refractivity contribution in [3.63, 3.8) is 0 Å². The minimum atomic E-state index is -3.79. The first-order valence-electron chi connectivity index (χ1n) is 7.12. The summed E-state index contributed by atoms with van der Waals surface area (Å²) in [5.74, 6) is -1.11. The lowest BCUT2D eigenvalue weighted by molar-refractivity contribution is 0.0701. The van der Waals surface area contributed by atoms with Gasteiger partial charge in [-0.15, -0.1) is 11.3 Å². The van der Waals surface area contributed by atoms with Crippen molar-refractivity contribution in [1.29, 1.82) is 0 Å². The highest BCUT2D eigenvalue weighted by atomic mass is 32.2. The number of aromatic carboxylic acids is 1. The number of rotatable bonds is 5. The third-order valence-corrected chi connectivity index (χ3v) is 7.12. The van der Waals surface area contributed by atoms with Crippen LogP contribution in [-0.2, 0) is 10.0 Å². The van der Waals surface area contributed by atoms with Crippen molar-refractivity contribution in [3.8, 4) is 0 Å². The van der Waals surface area contributed by atoms with Crippen molar-refractivity contribution >= 4 is 33.0 Å². The number of hydrogen-bond donors (Lipinski definition) is 1. The monoisotopic (exact) mass is 353 g/mol. The number of hydrogen-bond acceptors (Lipinski definition) is 4. The normalized spacial score (nSPS) is 11.5. The topological polar surface area (TPSA) is 74.7 Å². The quantitative estimate of drug-likeness (QED) is 0.891. The van der Waals surface area contributed by atoms with Gasteiger partial charge in [0.2, 0.25) is 0 Å². The Morgan fingerprint density at radius 2 is 1.83 bits per heavy atom. The molecule has 7 heteroatoms. The molecule has 2 rings (SSSR count). The first-order valence-corrected chi connectivity index (χ1v) is 9.37. The van der Waals surface area contributed by atoms with Crippen LogP contribution in [0.3, 0.4) is 0 Å². The van der Waals surface area contributed by atoms with Gasteiger partial charge in [-0.3, -0.25) is 4.31 Å². The van der Waals surface area contributed by atoms with Crippen LogP contribution < -0.4 is 4.31 Å². The van der Waals surface area contributed by atoms with Crippen LogP contribution in [-0.4, -0.2) is 26.0 Å². The summed E-state index contributed by atoms with van der Waals surface area (Å²) in [7, 11) is -3.79. The van der Waals surface area contributed by atoms with Crippen LogP contribution in [0, 0.1) is 20.8 Å². The Balaban J connectivity index is 2.58. The molecule has 0 atom stereocenters. The van der Waals surface area contributed by atoms with Gasteiger partial charge in [0.15, 0.2) is 0 Å². The standard InChI is InChI=1S/C16H19NO4S2/c1-5-17(13-8-10(2)6-7-11(13)3)23(20,21)14-9-12(4)15(22-14)16(18)19/h6-9H,5H2,1-4H3,(H,18,19). The van der Waals surface area contributed by atoms with Gasteiger partial charge in [-0.25, -0.2) is 13.2 Å². The molecular formula is C16H19NO4S2. The van der Waals surface area contributed by atoms with Crippen molar-refractivity contribution in [1.82, 2.24) is 0 Å². The fourth-order valence-electron chi connectivity index (χ4n) is 2.36. The van der Waals surface area contributed by atoms with Crippen molar-refractivity contribution in [3.05, 3.63) is 45.8 Å². The van der Waals surface area contributed by atoms with Crippen molar-refractivity contribution < 1.29 is 18.3 Å². The summed E-state index contributed by atoms with van der Waals surface area (Å²) in [6.45, 7) is 7.40. The van der Waals surface area contributed by atoms with Crippen LogP contribution in [0.1, 0.15) is 33.3 Å². The molecule has 0 fully saturated rings. The molecule has 1 aromatic heterocycles.